The Balaban J connectivity index is 2.98. The second-order valence-electron chi connectivity index (χ2n) is 3.75. The maximum atomic E-state index is 12.9. The van der Waals surface area contributed by atoms with E-state index in [9.17, 15) is 17.2 Å². The molecule has 8 heteroatoms. The predicted molar refractivity (Wildman–Crippen MR) is 65.4 cm³/mol. The van der Waals surface area contributed by atoms with Crippen molar-refractivity contribution in [3.63, 3.8) is 0 Å². The number of sulfonamides is 1. The lowest BCUT2D eigenvalue weighted by atomic mass is 10.2. The minimum Gasteiger partial charge on any atom is -0.325 e. The average Bonchev–Trinajstić information content (AvgIpc) is 2.30. The molecule has 1 rings (SSSR count). The van der Waals surface area contributed by atoms with Crippen molar-refractivity contribution in [2.24, 2.45) is 5.73 Å². The quantitative estimate of drug-likeness (QED) is 0.866. The zero-order valence-corrected chi connectivity index (χ0v) is 11.2. The highest BCUT2D eigenvalue weighted by atomic mass is 35.5. The molecule has 1 aromatic rings. The Hall–Kier alpha value is -0.760. The molecule has 4 nitrogen and oxygen atoms in total. The first-order valence-corrected chi connectivity index (χ1v) is 6.88. The first kappa shape index (κ1) is 15.3. The first-order chi connectivity index (χ1) is 8.19. The van der Waals surface area contributed by atoms with E-state index >= 15 is 0 Å². The van der Waals surface area contributed by atoms with Crippen molar-refractivity contribution in [2.75, 3.05) is 13.1 Å². The number of hydrogen-bond acceptors (Lipinski definition) is 3. The SMILES string of the molecule is Cc1c(Cl)cccc1S(=O)(=O)NCC(F)(F)CN. The standard InChI is InChI=1S/C10H13ClF2N2O2S/c1-7-8(11)3-2-4-9(7)18(16,17)15-6-10(12,13)5-14/h2-4,15H,5-6,14H2,1H3. The number of nitrogens with two attached hydrogens (primary N) is 1. The van der Waals surface area contributed by atoms with Crippen molar-refractivity contribution in [2.45, 2.75) is 17.7 Å². The Kier molecular flexibility index (Phi) is 4.66. The van der Waals surface area contributed by atoms with Gasteiger partial charge < -0.3 is 5.73 Å². The summed E-state index contributed by atoms with van der Waals surface area (Å²) in [6.45, 7) is -0.472. The summed E-state index contributed by atoms with van der Waals surface area (Å²) in [5.74, 6) is -3.28. The average molecular weight is 299 g/mol. The topological polar surface area (TPSA) is 72.2 Å². The normalized spacial score (nSPS) is 12.7. The molecule has 0 spiro atoms. The Bertz CT molecular complexity index is 535. The lowest BCUT2D eigenvalue weighted by Gasteiger charge is -2.15. The summed E-state index contributed by atoms with van der Waals surface area (Å²) in [4.78, 5) is -0.122. The number of benzene rings is 1. The highest BCUT2D eigenvalue weighted by Gasteiger charge is 2.29. The van der Waals surface area contributed by atoms with Crippen LogP contribution in [0, 0.1) is 6.92 Å². The van der Waals surface area contributed by atoms with E-state index in [-0.39, 0.29) is 9.92 Å². The minimum absolute atomic E-state index is 0.122. The third-order valence-electron chi connectivity index (χ3n) is 2.33. The Morgan fingerprint density at radius 2 is 2.06 bits per heavy atom. The molecule has 0 saturated carbocycles. The first-order valence-electron chi connectivity index (χ1n) is 5.02. The van der Waals surface area contributed by atoms with Crippen molar-refractivity contribution < 1.29 is 17.2 Å². The van der Waals surface area contributed by atoms with Crippen LogP contribution in [0.5, 0.6) is 0 Å². The van der Waals surface area contributed by atoms with Gasteiger partial charge in [0.2, 0.25) is 10.0 Å². The van der Waals surface area contributed by atoms with Crippen LogP contribution in [0.2, 0.25) is 5.02 Å². The molecule has 0 amide bonds. The molecule has 0 aliphatic rings. The zero-order valence-electron chi connectivity index (χ0n) is 9.58. The summed E-state index contributed by atoms with van der Waals surface area (Å²) in [6.07, 6.45) is 0. The minimum atomic E-state index is -4.03. The van der Waals surface area contributed by atoms with Crippen LogP contribution in [0.15, 0.2) is 23.1 Å². The zero-order chi connectivity index (χ0) is 14.0. The van der Waals surface area contributed by atoms with Crippen molar-refractivity contribution in [1.29, 1.82) is 0 Å². The fourth-order valence-corrected chi connectivity index (χ4v) is 2.79. The molecule has 0 aliphatic heterocycles. The number of rotatable bonds is 5. The second-order valence-corrected chi connectivity index (χ2v) is 5.89. The van der Waals surface area contributed by atoms with Gasteiger partial charge in [0.15, 0.2) is 0 Å². The number of alkyl halides is 2. The van der Waals surface area contributed by atoms with E-state index in [1.165, 1.54) is 25.1 Å². The van der Waals surface area contributed by atoms with Gasteiger partial charge in [-0.3, -0.25) is 0 Å². The maximum Gasteiger partial charge on any atom is 0.273 e. The van der Waals surface area contributed by atoms with Crippen LogP contribution in [-0.4, -0.2) is 27.4 Å². The van der Waals surface area contributed by atoms with E-state index in [2.05, 4.69) is 0 Å². The van der Waals surface area contributed by atoms with E-state index in [0.717, 1.165) is 0 Å². The van der Waals surface area contributed by atoms with Gasteiger partial charge in [-0.25, -0.2) is 21.9 Å². The Morgan fingerprint density at radius 3 is 2.61 bits per heavy atom. The summed E-state index contributed by atoms with van der Waals surface area (Å²) in [7, 11) is -4.03. The largest absolute Gasteiger partial charge is 0.325 e. The van der Waals surface area contributed by atoms with Crippen molar-refractivity contribution >= 4 is 21.6 Å². The van der Waals surface area contributed by atoms with Gasteiger partial charge in [-0.15, -0.1) is 0 Å². The van der Waals surface area contributed by atoms with Crippen LogP contribution in [0.25, 0.3) is 0 Å². The molecular formula is C10H13ClF2N2O2S. The Labute approximate surface area is 109 Å². The molecule has 0 aromatic heterocycles. The number of nitrogens with one attached hydrogen (secondary N) is 1. The molecule has 0 heterocycles. The molecule has 3 N–H and O–H groups in total. The summed E-state index contributed by atoms with van der Waals surface area (Å²) in [5.41, 5.74) is 5.13. The highest BCUT2D eigenvalue weighted by Crippen LogP contribution is 2.23. The molecule has 0 fully saturated rings. The van der Waals surface area contributed by atoms with E-state index in [0.29, 0.717) is 5.56 Å². The van der Waals surface area contributed by atoms with Crippen molar-refractivity contribution in [3.8, 4) is 0 Å². The van der Waals surface area contributed by atoms with Gasteiger partial charge >= 0.3 is 0 Å². The molecule has 1 aromatic carbocycles. The maximum absolute atomic E-state index is 12.9. The highest BCUT2D eigenvalue weighted by molar-refractivity contribution is 7.89. The van der Waals surface area contributed by atoms with Crippen LogP contribution in [-0.2, 0) is 10.0 Å². The van der Waals surface area contributed by atoms with Gasteiger partial charge in [-0.05, 0) is 24.6 Å². The smallest absolute Gasteiger partial charge is 0.273 e. The van der Waals surface area contributed by atoms with Crippen molar-refractivity contribution in [1.82, 2.24) is 4.72 Å². The lowest BCUT2D eigenvalue weighted by Crippen LogP contribution is -2.41. The molecule has 0 atom stereocenters. The second kappa shape index (κ2) is 5.48. The van der Waals surface area contributed by atoms with Crippen molar-refractivity contribution in [3.05, 3.63) is 28.8 Å². The third-order valence-corrected chi connectivity index (χ3v) is 4.28. The van der Waals surface area contributed by atoms with E-state index in [4.69, 9.17) is 17.3 Å². The molecule has 0 aliphatic carbocycles. The van der Waals surface area contributed by atoms with Gasteiger partial charge in [0.25, 0.3) is 5.92 Å². The number of hydrogen-bond donors (Lipinski definition) is 2. The lowest BCUT2D eigenvalue weighted by molar-refractivity contribution is 0.0170. The summed E-state index contributed by atoms with van der Waals surface area (Å²) in [6, 6.07) is 4.25. The van der Waals surface area contributed by atoms with Crippen LogP contribution >= 0.6 is 11.6 Å². The van der Waals surface area contributed by atoms with Gasteiger partial charge in [-0.1, -0.05) is 17.7 Å². The van der Waals surface area contributed by atoms with Crippen LogP contribution < -0.4 is 10.5 Å². The number of halogens is 3. The third kappa shape index (κ3) is 3.61. The molecule has 102 valence electrons. The molecular weight excluding hydrogens is 286 g/mol. The predicted octanol–water partition coefficient (Wildman–Crippen LogP) is 1.52. The van der Waals surface area contributed by atoms with Crippen LogP contribution in [0.4, 0.5) is 8.78 Å². The molecule has 0 saturated heterocycles. The van der Waals surface area contributed by atoms with Gasteiger partial charge in [-0.2, -0.15) is 0 Å². The fraction of sp³-hybridized carbons (Fsp3) is 0.400. The van der Waals surface area contributed by atoms with Gasteiger partial charge in [0, 0.05) is 5.02 Å². The summed E-state index contributed by atoms with van der Waals surface area (Å²) >= 11 is 5.78. The molecule has 0 bridgehead atoms. The molecule has 0 unspecified atom stereocenters. The van der Waals surface area contributed by atoms with Crippen LogP contribution in [0.3, 0.4) is 0 Å². The van der Waals surface area contributed by atoms with E-state index in [1.54, 1.807) is 0 Å². The van der Waals surface area contributed by atoms with Gasteiger partial charge in [0.05, 0.1) is 18.0 Å². The molecule has 0 radical (unpaired) electrons. The monoisotopic (exact) mass is 298 g/mol. The van der Waals surface area contributed by atoms with Gasteiger partial charge in [0.1, 0.15) is 0 Å². The Morgan fingerprint density at radius 1 is 1.44 bits per heavy atom. The summed E-state index contributed by atoms with van der Waals surface area (Å²) in [5, 5.41) is 0.253. The summed E-state index contributed by atoms with van der Waals surface area (Å²) < 4.78 is 51.3. The molecule has 18 heavy (non-hydrogen) atoms. The fourth-order valence-electron chi connectivity index (χ4n) is 1.23. The van der Waals surface area contributed by atoms with E-state index < -0.39 is 29.0 Å². The van der Waals surface area contributed by atoms with Crippen LogP contribution in [0.1, 0.15) is 5.56 Å². The van der Waals surface area contributed by atoms with E-state index in [1.807, 2.05) is 4.72 Å².